The molecular formula is C19H18N2O6. The Kier molecular flexibility index (Phi) is 5.46. The molecule has 1 heterocycles. The molecular weight excluding hydrogens is 352 g/mol. The minimum atomic E-state index is -1.33. The topological polar surface area (TPSA) is 119 Å². The van der Waals surface area contributed by atoms with E-state index in [0.717, 1.165) is 23.8 Å². The van der Waals surface area contributed by atoms with Crippen molar-refractivity contribution < 1.29 is 24.4 Å². The van der Waals surface area contributed by atoms with E-state index in [0.29, 0.717) is 19.4 Å². The lowest BCUT2D eigenvalue weighted by atomic mass is 9.97. The van der Waals surface area contributed by atoms with Crippen LogP contribution < -0.4 is 5.32 Å². The maximum absolute atomic E-state index is 12.5. The molecule has 0 bridgehead atoms. The van der Waals surface area contributed by atoms with Gasteiger partial charge in [0.05, 0.1) is 16.6 Å². The highest BCUT2D eigenvalue weighted by Gasteiger charge is 2.26. The summed E-state index contributed by atoms with van der Waals surface area (Å²) < 4.78 is 5.76. The van der Waals surface area contributed by atoms with Crippen molar-refractivity contribution in [2.45, 2.75) is 25.0 Å². The number of benzene rings is 2. The molecule has 0 aromatic heterocycles. The number of non-ortho nitro benzene ring substituents is 1. The standard InChI is InChI=1S/C19H18N2O6/c22-18(13-8-14(19(23)24)10-16(9-13)21(25)26)20-15-6-7-27-17(11-15)12-4-2-1-3-5-12/h1-5,8-10,15,17H,6-7,11H2,(H,20,22)(H,23,24). The van der Waals surface area contributed by atoms with Crippen molar-refractivity contribution in [3.63, 3.8) is 0 Å². The summed E-state index contributed by atoms with van der Waals surface area (Å²) in [5, 5.41) is 22.9. The molecule has 3 rings (SSSR count). The number of rotatable bonds is 5. The van der Waals surface area contributed by atoms with Gasteiger partial charge in [-0.2, -0.15) is 0 Å². The lowest BCUT2D eigenvalue weighted by molar-refractivity contribution is -0.384. The van der Waals surface area contributed by atoms with Gasteiger partial charge in [0.2, 0.25) is 0 Å². The van der Waals surface area contributed by atoms with Gasteiger partial charge in [-0.3, -0.25) is 14.9 Å². The lowest BCUT2D eigenvalue weighted by Crippen LogP contribution is -2.39. The first-order valence-electron chi connectivity index (χ1n) is 8.44. The number of nitro groups is 1. The molecule has 1 saturated heterocycles. The third kappa shape index (κ3) is 4.48. The number of aromatic carboxylic acids is 1. The molecule has 1 amide bonds. The Morgan fingerprint density at radius 2 is 1.85 bits per heavy atom. The van der Waals surface area contributed by atoms with Crippen LogP contribution in [0.3, 0.4) is 0 Å². The Labute approximate surface area is 154 Å². The Balaban J connectivity index is 1.75. The largest absolute Gasteiger partial charge is 0.478 e. The van der Waals surface area contributed by atoms with E-state index in [2.05, 4.69) is 5.32 Å². The summed E-state index contributed by atoms with van der Waals surface area (Å²) in [6.07, 6.45) is 1.02. The van der Waals surface area contributed by atoms with E-state index in [1.807, 2.05) is 30.3 Å². The van der Waals surface area contributed by atoms with Crippen molar-refractivity contribution >= 4 is 17.6 Å². The molecule has 27 heavy (non-hydrogen) atoms. The second-order valence-corrected chi connectivity index (χ2v) is 6.30. The van der Waals surface area contributed by atoms with E-state index in [4.69, 9.17) is 9.84 Å². The number of nitro benzene ring substituents is 1. The van der Waals surface area contributed by atoms with Gasteiger partial charge in [0.15, 0.2) is 0 Å². The fourth-order valence-electron chi connectivity index (χ4n) is 3.07. The monoisotopic (exact) mass is 370 g/mol. The molecule has 2 aromatic rings. The predicted molar refractivity (Wildman–Crippen MR) is 95.7 cm³/mol. The highest BCUT2D eigenvalue weighted by Crippen LogP contribution is 2.28. The van der Waals surface area contributed by atoms with E-state index in [9.17, 15) is 19.7 Å². The molecule has 1 aliphatic rings. The third-order valence-corrected chi connectivity index (χ3v) is 4.43. The SMILES string of the molecule is O=C(O)c1cc(C(=O)NC2CCOC(c3ccccc3)C2)cc([N+](=O)[O-])c1. The van der Waals surface area contributed by atoms with Crippen LogP contribution in [0.2, 0.25) is 0 Å². The normalized spacial score (nSPS) is 19.3. The molecule has 8 nitrogen and oxygen atoms in total. The number of carbonyl (C=O) groups is 2. The summed E-state index contributed by atoms with van der Waals surface area (Å²) in [5.41, 5.74) is 0.224. The average molecular weight is 370 g/mol. The van der Waals surface area contributed by atoms with Crippen LogP contribution in [0.1, 0.15) is 45.2 Å². The molecule has 1 fully saturated rings. The summed E-state index contributed by atoms with van der Waals surface area (Å²) in [7, 11) is 0. The van der Waals surface area contributed by atoms with Crippen molar-refractivity contribution in [1.29, 1.82) is 0 Å². The first kappa shape index (κ1) is 18.5. The Hall–Kier alpha value is -3.26. The zero-order valence-corrected chi connectivity index (χ0v) is 14.3. The first-order chi connectivity index (χ1) is 12.9. The molecule has 2 aromatic carbocycles. The van der Waals surface area contributed by atoms with E-state index in [-0.39, 0.29) is 23.3 Å². The zero-order chi connectivity index (χ0) is 19.4. The number of nitrogens with one attached hydrogen (secondary N) is 1. The Bertz CT molecular complexity index is 836. The number of ether oxygens (including phenoxy) is 1. The molecule has 0 aliphatic carbocycles. The number of carboxylic acid groups (broad SMARTS) is 1. The summed E-state index contributed by atoms with van der Waals surface area (Å²) in [5.74, 6) is -1.87. The minimum Gasteiger partial charge on any atom is -0.478 e. The number of carboxylic acids is 1. The summed E-state index contributed by atoms with van der Waals surface area (Å²) >= 11 is 0. The van der Waals surface area contributed by atoms with Crippen LogP contribution in [0, 0.1) is 10.1 Å². The summed E-state index contributed by atoms with van der Waals surface area (Å²) in [4.78, 5) is 34.0. The van der Waals surface area contributed by atoms with E-state index in [1.54, 1.807) is 0 Å². The number of nitrogens with zero attached hydrogens (tertiary/aromatic N) is 1. The smallest absolute Gasteiger partial charge is 0.335 e. The average Bonchev–Trinajstić information content (AvgIpc) is 2.68. The van der Waals surface area contributed by atoms with Crippen molar-refractivity contribution in [1.82, 2.24) is 5.32 Å². The molecule has 0 saturated carbocycles. The van der Waals surface area contributed by atoms with Crippen LogP contribution in [-0.4, -0.2) is 34.6 Å². The van der Waals surface area contributed by atoms with Gasteiger partial charge in [0, 0.05) is 30.3 Å². The van der Waals surface area contributed by atoms with Gasteiger partial charge in [0.1, 0.15) is 0 Å². The maximum atomic E-state index is 12.5. The van der Waals surface area contributed by atoms with Gasteiger partial charge in [0.25, 0.3) is 11.6 Å². The van der Waals surface area contributed by atoms with Crippen molar-refractivity contribution in [3.05, 3.63) is 75.3 Å². The number of amides is 1. The van der Waals surface area contributed by atoms with E-state index in [1.165, 1.54) is 0 Å². The van der Waals surface area contributed by atoms with Crippen LogP contribution >= 0.6 is 0 Å². The zero-order valence-electron chi connectivity index (χ0n) is 14.3. The van der Waals surface area contributed by atoms with Gasteiger partial charge in [-0.1, -0.05) is 30.3 Å². The third-order valence-electron chi connectivity index (χ3n) is 4.43. The van der Waals surface area contributed by atoms with Crippen molar-refractivity contribution in [3.8, 4) is 0 Å². The van der Waals surface area contributed by atoms with Gasteiger partial charge < -0.3 is 15.2 Å². The van der Waals surface area contributed by atoms with Gasteiger partial charge in [-0.15, -0.1) is 0 Å². The van der Waals surface area contributed by atoms with Crippen molar-refractivity contribution in [2.24, 2.45) is 0 Å². The fraction of sp³-hybridized carbons (Fsp3) is 0.263. The highest BCUT2D eigenvalue weighted by molar-refractivity contribution is 5.98. The second kappa shape index (κ2) is 7.96. The molecule has 1 aliphatic heterocycles. The summed E-state index contributed by atoms with van der Waals surface area (Å²) in [6.45, 7) is 0.472. The quantitative estimate of drug-likeness (QED) is 0.617. The Morgan fingerprint density at radius 1 is 1.15 bits per heavy atom. The van der Waals surface area contributed by atoms with Crippen LogP contribution in [0.25, 0.3) is 0 Å². The minimum absolute atomic E-state index is 0.0515. The molecule has 8 heteroatoms. The molecule has 2 atom stereocenters. The molecule has 0 spiro atoms. The predicted octanol–water partition coefficient (Wildman–Crippen LogP) is 2.94. The molecule has 0 radical (unpaired) electrons. The van der Waals surface area contributed by atoms with Gasteiger partial charge >= 0.3 is 5.97 Å². The molecule has 2 unspecified atom stereocenters. The fourth-order valence-corrected chi connectivity index (χ4v) is 3.07. The number of hydrogen-bond donors (Lipinski definition) is 2. The maximum Gasteiger partial charge on any atom is 0.335 e. The number of hydrogen-bond acceptors (Lipinski definition) is 5. The Morgan fingerprint density at radius 3 is 2.52 bits per heavy atom. The van der Waals surface area contributed by atoms with E-state index >= 15 is 0 Å². The van der Waals surface area contributed by atoms with Gasteiger partial charge in [-0.25, -0.2) is 4.79 Å². The molecule has 140 valence electrons. The molecule has 2 N–H and O–H groups in total. The van der Waals surface area contributed by atoms with Crippen LogP contribution in [0.4, 0.5) is 5.69 Å². The van der Waals surface area contributed by atoms with Gasteiger partial charge in [-0.05, 0) is 24.5 Å². The number of carbonyl (C=O) groups excluding carboxylic acids is 1. The van der Waals surface area contributed by atoms with Crippen LogP contribution in [-0.2, 0) is 4.74 Å². The second-order valence-electron chi connectivity index (χ2n) is 6.30. The van der Waals surface area contributed by atoms with Crippen molar-refractivity contribution in [2.75, 3.05) is 6.61 Å². The highest BCUT2D eigenvalue weighted by atomic mass is 16.6. The van der Waals surface area contributed by atoms with Crippen LogP contribution in [0.15, 0.2) is 48.5 Å². The summed E-state index contributed by atoms with van der Waals surface area (Å²) in [6, 6.07) is 12.6. The van der Waals surface area contributed by atoms with Crippen LogP contribution in [0.5, 0.6) is 0 Å². The lowest BCUT2D eigenvalue weighted by Gasteiger charge is -2.30. The first-order valence-corrected chi connectivity index (χ1v) is 8.44. The van der Waals surface area contributed by atoms with E-state index < -0.39 is 22.5 Å².